The topological polar surface area (TPSA) is 20.2 Å². The predicted molar refractivity (Wildman–Crippen MR) is 54.8 cm³/mol. The lowest BCUT2D eigenvalue weighted by Gasteiger charge is -2.14. The van der Waals surface area contributed by atoms with Crippen LogP contribution >= 0.6 is 22.6 Å². The van der Waals surface area contributed by atoms with E-state index in [2.05, 4.69) is 0 Å². The van der Waals surface area contributed by atoms with E-state index in [-0.39, 0.29) is 0 Å². The molecule has 1 N–H and O–H groups in total. The summed E-state index contributed by atoms with van der Waals surface area (Å²) in [5.74, 6) is 0. The molecule has 0 bridgehead atoms. The van der Waals surface area contributed by atoms with Gasteiger partial charge in [-0.3, -0.25) is 0 Å². The van der Waals surface area contributed by atoms with Crippen LogP contribution in [0.1, 0.15) is 12.5 Å². The second kappa shape index (κ2) is 3.54. The van der Waals surface area contributed by atoms with Gasteiger partial charge < -0.3 is 5.11 Å². The molecule has 1 atom stereocenters. The zero-order valence-electron chi connectivity index (χ0n) is 6.42. The maximum absolute atomic E-state index is 9.46. The Kier molecular flexibility index (Phi) is 2.90. The van der Waals surface area contributed by atoms with Gasteiger partial charge in [0.25, 0.3) is 0 Å². The lowest BCUT2D eigenvalue weighted by molar-refractivity contribution is 0.177. The molecule has 1 aromatic carbocycles. The van der Waals surface area contributed by atoms with E-state index in [1.165, 1.54) is 5.56 Å². The predicted octanol–water partition coefficient (Wildman–Crippen LogP) is 2.37. The van der Waals surface area contributed by atoms with E-state index in [0.29, 0.717) is 6.42 Å². The van der Waals surface area contributed by atoms with Crippen molar-refractivity contribution in [2.75, 3.05) is 0 Å². The fraction of sp³-hybridized carbons (Fsp3) is 0.333. The summed E-state index contributed by atoms with van der Waals surface area (Å²) in [5, 5.41) is 9.46. The highest BCUT2D eigenvalue weighted by molar-refractivity contribution is 14.1. The van der Waals surface area contributed by atoms with Gasteiger partial charge in [0.15, 0.2) is 0 Å². The van der Waals surface area contributed by atoms with Crippen molar-refractivity contribution in [3.63, 3.8) is 0 Å². The molecule has 0 saturated heterocycles. The first-order valence-electron chi connectivity index (χ1n) is 3.53. The van der Waals surface area contributed by atoms with Crippen molar-refractivity contribution in [1.82, 2.24) is 0 Å². The van der Waals surface area contributed by atoms with Crippen LogP contribution in [0.3, 0.4) is 0 Å². The summed E-state index contributed by atoms with van der Waals surface area (Å²) in [7, 11) is 0. The molecule has 0 radical (unpaired) electrons. The van der Waals surface area contributed by atoms with Crippen molar-refractivity contribution in [3.05, 3.63) is 35.9 Å². The maximum Gasteiger partial charge on any atom is 0.117 e. The largest absolute Gasteiger partial charge is 0.380 e. The third-order valence-corrected chi connectivity index (χ3v) is 1.75. The fourth-order valence-corrected chi connectivity index (χ4v) is 1.41. The van der Waals surface area contributed by atoms with E-state index >= 15 is 0 Å². The Bertz CT molecular complexity index is 213. The van der Waals surface area contributed by atoms with Crippen LogP contribution in [0.2, 0.25) is 0 Å². The first-order valence-corrected chi connectivity index (χ1v) is 4.61. The van der Waals surface area contributed by atoms with Gasteiger partial charge in [-0.05, 0) is 35.1 Å². The van der Waals surface area contributed by atoms with Gasteiger partial charge in [-0.15, -0.1) is 0 Å². The van der Waals surface area contributed by atoms with Gasteiger partial charge in [-0.2, -0.15) is 0 Å². The quantitative estimate of drug-likeness (QED) is 0.640. The van der Waals surface area contributed by atoms with Gasteiger partial charge in [0.1, 0.15) is 3.61 Å². The number of aliphatic hydroxyl groups is 1. The third kappa shape index (κ3) is 3.72. The van der Waals surface area contributed by atoms with E-state index < -0.39 is 3.61 Å². The Morgan fingerprint density at radius 3 is 2.36 bits per heavy atom. The van der Waals surface area contributed by atoms with Crippen LogP contribution in [0.5, 0.6) is 0 Å². The lowest BCUT2D eigenvalue weighted by Crippen LogP contribution is -2.17. The summed E-state index contributed by atoms with van der Waals surface area (Å²) >= 11 is 2.04. The van der Waals surface area contributed by atoms with Crippen molar-refractivity contribution in [1.29, 1.82) is 0 Å². The maximum atomic E-state index is 9.46. The molecule has 0 amide bonds. The molecule has 1 nitrogen and oxygen atoms in total. The monoisotopic (exact) mass is 262 g/mol. The Hall–Kier alpha value is -0.0900. The molecule has 0 spiro atoms. The molecule has 2 heteroatoms. The highest BCUT2D eigenvalue weighted by atomic mass is 127. The number of alkyl halides is 1. The summed E-state index contributed by atoms with van der Waals surface area (Å²) < 4.78 is -0.626. The highest BCUT2D eigenvalue weighted by Gasteiger charge is 2.14. The summed E-state index contributed by atoms with van der Waals surface area (Å²) in [6.07, 6.45) is 0.703. The van der Waals surface area contributed by atoms with Crippen molar-refractivity contribution >= 4 is 22.6 Å². The second-order valence-electron chi connectivity index (χ2n) is 2.80. The number of benzene rings is 1. The molecule has 1 unspecified atom stereocenters. The van der Waals surface area contributed by atoms with Crippen LogP contribution in [0, 0.1) is 0 Å². The molecule has 0 aromatic heterocycles. The Balaban J connectivity index is 2.66. The highest BCUT2D eigenvalue weighted by Crippen LogP contribution is 2.19. The normalized spacial score (nSPS) is 15.9. The van der Waals surface area contributed by atoms with Crippen LogP contribution in [0.15, 0.2) is 30.3 Å². The molecular formula is C9H11IO. The fourth-order valence-electron chi connectivity index (χ4n) is 0.968. The van der Waals surface area contributed by atoms with E-state index in [1.807, 2.05) is 52.9 Å². The zero-order chi connectivity index (χ0) is 8.32. The molecule has 1 rings (SSSR count). The minimum absolute atomic E-state index is 0.626. The van der Waals surface area contributed by atoms with Crippen molar-refractivity contribution in [3.8, 4) is 0 Å². The van der Waals surface area contributed by atoms with Crippen molar-refractivity contribution in [2.45, 2.75) is 17.0 Å². The Morgan fingerprint density at radius 1 is 1.36 bits per heavy atom. The number of rotatable bonds is 2. The molecule has 60 valence electrons. The minimum Gasteiger partial charge on any atom is -0.380 e. The summed E-state index contributed by atoms with van der Waals surface area (Å²) in [6.45, 7) is 1.81. The van der Waals surface area contributed by atoms with Crippen molar-refractivity contribution < 1.29 is 5.11 Å². The SMILES string of the molecule is CC(O)(I)Cc1ccccc1. The average Bonchev–Trinajstić information content (AvgIpc) is 1.85. The molecule has 0 saturated carbocycles. The van der Waals surface area contributed by atoms with Crippen LogP contribution < -0.4 is 0 Å². The molecule has 0 aliphatic carbocycles. The summed E-state index contributed by atoms with van der Waals surface area (Å²) in [5.41, 5.74) is 1.17. The van der Waals surface area contributed by atoms with Crippen LogP contribution in [0.25, 0.3) is 0 Å². The lowest BCUT2D eigenvalue weighted by atomic mass is 10.1. The average molecular weight is 262 g/mol. The molecule has 0 aliphatic heterocycles. The molecule has 0 aliphatic rings. The first-order chi connectivity index (χ1) is 5.08. The molecule has 0 heterocycles. The van der Waals surface area contributed by atoms with Crippen LogP contribution in [-0.4, -0.2) is 8.71 Å². The van der Waals surface area contributed by atoms with E-state index in [1.54, 1.807) is 6.92 Å². The van der Waals surface area contributed by atoms with Gasteiger partial charge in [0, 0.05) is 6.42 Å². The molecule has 1 aromatic rings. The molecular weight excluding hydrogens is 251 g/mol. The Labute approximate surface area is 80.6 Å². The number of hydrogen-bond acceptors (Lipinski definition) is 1. The van der Waals surface area contributed by atoms with Crippen molar-refractivity contribution in [2.24, 2.45) is 0 Å². The smallest absolute Gasteiger partial charge is 0.117 e. The van der Waals surface area contributed by atoms with Gasteiger partial charge in [-0.1, -0.05) is 30.3 Å². The zero-order valence-corrected chi connectivity index (χ0v) is 8.58. The second-order valence-corrected chi connectivity index (χ2v) is 5.13. The molecule has 11 heavy (non-hydrogen) atoms. The number of hydrogen-bond donors (Lipinski definition) is 1. The number of halogens is 1. The van der Waals surface area contributed by atoms with Gasteiger partial charge >= 0.3 is 0 Å². The van der Waals surface area contributed by atoms with Gasteiger partial charge in [0.05, 0.1) is 0 Å². The van der Waals surface area contributed by atoms with Gasteiger partial charge in [-0.25, -0.2) is 0 Å². The van der Waals surface area contributed by atoms with E-state index in [9.17, 15) is 5.11 Å². The van der Waals surface area contributed by atoms with E-state index in [4.69, 9.17) is 0 Å². The van der Waals surface area contributed by atoms with E-state index in [0.717, 1.165) is 0 Å². The third-order valence-electron chi connectivity index (χ3n) is 1.37. The standard InChI is InChI=1S/C9H11IO/c1-9(10,11)7-8-5-3-2-4-6-8/h2-6,11H,7H2,1H3. The van der Waals surface area contributed by atoms with Crippen LogP contribution in [-0.2, 0) is 6.42 Å². The minimum atomic E-state index is -0.626. The first kappa shape index (κ1) is 9.00. The molecule has 0 fully saturated rings. The van der Waals surface area contributed by atoms with Gasteiger partial charge in [0.2, 0.25) is 0 Å². The summed E-state index contributed by atoms with van der Waals surface area (Å²) in [6, 6.07) is 9.99. The van der Waals surface area contributed by atoms with Crippen LogP contribution in [0.4, 0.5) is 0 Å². The summed E-state index contributed by atoms with van der Waals surface area (Å²) in [4.78, 5) is 0. The Morgan fingerprint density at radius 2 is 1.91 bits per heavy atom.